The van der Waals surface area contributed by atoms with Crippen molar-refractivity contribution in [1.29, 1.82) is 0 Å². The average molecular weight is 328 g/mol. The Balaban J connectivity index is 2.00. The number of hydrogen-bond acceptors (Lipinski definition) is 6. The molecule has 2 atom stereocenters. The van der Waals surface area contributed by atoms with E-state index >= 15 is 0 Å². The van der Waals surface area contributed by atoms with E-state index in [9.17, 15) is 9.59 Å². The lowest BCUT2D eigenvalue weighted by molar-refractivity contribution is -0.148. The monoisotopic (exact) mass is 328 g/mol. The topological polar surface area (TPSA) is 65.7 Å². The van der Waals surface area contributed by atoms with Gasteiger partial charge in [-0.1, -0.05) is 18.2 Å². The van der Waals surface area contributed by atoms with Gasteiger partial charge in [-0.3, -0.25) is 0 Å². The minimum absolute atomic E-state index is 0.376. The van der Waals surface area contributed by atoms with E-state index in [0.29, 0.717) is 22.3 Å². The second-order valence-electron chi connectivity index (χ2n) is 5.18. The number of ether oxygens (including phenoxy) is 2. The number of rotatable bonds is 2. The summed E-state index contributed by atoms with van der Waals surface area (Å²) < 4.78 is 16.1. The van der Waals surface area contributed by atoms with Crippen LogP contribution in [0.15, 0.2) is 51.0 Å². The molecule has 0 fully saturated rings. The summed E-state index contributed by atoms with van der Waals surface area (Å²) in [5.74, 6) is -0.618. The van der Waals surface area contributed by atoms with Gasteiger partial charge in [-0.15, -0.1) is 11.3 Å². The predicted molar refractivity (Wildman–Crippen MR) is 85.1 cm³/mol. The molecule has 0 amide bonds. The van der Waals surface area contributed by atoms with E-state index in [1.807, 2.05) is 29.6 Å². The molecular formula is C17H12O5S. The van der Waals surface area contributed by atoms with Gasteiger partial charge in [-0.05, 0) is 23.6 Å². The van der Waals surface area contributed by atoms with Crippen LogP contribution in [0.5, 0.6) is 5.75 Å². The van der Waals surface area contributed by atoms with Crippen LogP contribution in [0, 0.1) is 0 Å². The standard InChI is InChI=1S/C17H12O5S/c1-20-17(19)15-12(11-7-4-8-23-11)13-14(22-15)9-5-2-3-6-10(9)21-16(13)18/h2-8,12,15H,1H3/t12-,15+/m1/s1. The lowest BCUT2D eigenvalue weighted by atomic mass is 9.94. The third kappa shape index (κ3) is 2.06. The minimum atomic E-state index is -0.887. The normalized spacial score (nSPS) is 19.3. The summed E-state index contributed by atoms with van der Waals surface area (Å²) in [6, 6.07) is 10.9. The number of para-hydroxylation sites is 1. The molecular weight excluding hydrogens is 316 g/mol. The van der Waals surface area contributed by atoms with Gasteiger partial charge in [0.1, 0.15) is 11.3 Å². The number of thiophene rings is 1. The molecule has 0 radical (unpaired) electrons. The smallest absolute Gasteiger partial charge is 0.348 e. The summed E-state index contributed by atoms with van der Waals surface area (Å²) >= 11 is 1.46. The van der Waals surface area contributed by atoms with Crippen molar-refractivity contribution in [1.82, 2.24) is 0 Å². The van der Waals surface area contributed by atoms with E-state index in [4.69, 9.17) is 13.9 Å². The van der Waals surface area contributed by atoms with Crippen LogP contribution >= 0.6 is 11.3 Å². The fourth-order valence-corrected chi connectivity index (χ4v) is 3.80. The van der Waals surface area contributed by atoms with Crippen LogP contribution in [0.25, 0.3) is 11.0 Å². The van der Waals surface area contributed by atoms with Crippen molar-refractivity contribution >= 4 is 28.3 Å². The zero-order chi connectivity index (χ0) is 16.0. The Morgan fingerprint density at radius 3 is 2.78 bits per heavy atom. The van der Waals surface area contributed by atoms with E-state index in [1.165, 1.54) is 18.4 Å². The molecule has 0 bridgehead atoms. The van der Waals surface area contributed by atoms with Gasteiger partial charge < -0.3 is 13.9 Å². The van der Waals surface area contributed by atoms with Gasteiger partial charge >= 0.3 is 11.6 Å². The maximum Gasteiger partial charge on any atom is 0.348 e. The molecule has 0 spiro atoms. The first-order valence-corrected chi connectivity index (χ1v) is 7.92. The third-order valence-corrected chi connectivity index (χ3v) is 4.90. The molecule has 116 valence electrons. The fraction of sp³-hybridized carbons (Fsp3) is 0.176. The van der Waals surface area contributed by atoms with Crippen molar-refractivity contribution in [2.75, 3.05) is 7.11 Å². The molecule has 6 heteroatoms. The van der Waals surface area contributed by atoms with Crippen molar-refractivity contribution in [3.63, 3.8) is 0 Å². The van der Waals surface area contributed by atoms with Crippen molar-refractivity contribution < 1.29 is 18.7 Å². The molecule has 2 aromatic heterocycles. The fourth-order valence-electron chi connectivity index (χ4n) is 2.94. The summed E-state index contributed by atoms with van der Waals surface area (Å²) in [6.45, 7) is 0. The molecule has 3 heterocycles. The highest BCUT2D eigenvalue weighted by Crippen LogP contribution is 2.45. The largest absolute Gasteiger partial charge is 0.476 e. The van der Waals surface area contributed by atoms with Crippen LogP contribution in [0.2, 0.25) is 0 Å². The quantitative estimate of drug-likeness (QED) is 0.534. The van der Waals surface area contributed by atoms with Crippen molar-refractivity contribution in [3.05, 3.63) is 62.6 Å². The number of esters is 1. The summed E-state index contributed by atoms with van der Waals surface area (Å²) in [5.41, 5.74) is 0.330. The Morgan fingerprint density at radius 1 is 1.22 bits per heavy atom. The molecule has 3 aromatic rings. The van der Waals surface area contributed by atoms with E-state index < -0.39 is 23.6 Å². The lowest BCUT2D eigenvalue weighted by Gasteiger charge is -2.14. The number of benzene rings is 1. The number of methoxy groups -OCH3 is 1. The van der Waals surface area contributed by atoms with Gasteiger partial charge in [0.05, 0.1) is 24.0 Å². The van der Waals surface area contributed by atoms with Gasteiger partial charge in [-0.25, -0.2) is 9.59 Å². The van der Waals surface area contributed by atoms with Crippen LogP contribution in [0.4, 0.5) is 0 Å². The van der Waals surface area contributed by atoms with Gasteiger partial charge in [0, 0.05) is 4.88 Å². The molecule has 0 saturated carbocycles. The van der Waals surface area contributed by atoms with Crippen LogP contribution in [0.1, 0.15) is 16.4 Å². The highest BCUT2D eigenvalue weighted by molar-refractivity contribution is 7.10. The summed E-state index contributed by atoms with van der Waals surface area (Å²) in [6.07, 6.45) is -0.887. The molecule has 0 unspecified atom stereocenters. The summed E-state index contributed by atoms with van der Waals surface area (Å²) in [7, 11) is 1.31. The van der Waals surface area contributed by atoms with Crippen molar-refractivity contribution in [2.45, 2.75) is 12.0 Å². The first kappa shape index (κ1) is 14.0. The Bertz CT molecular complexity index is 941. The number of carbonyl (C=O) groups is 1. The second-order valence-corrected chi connectivity index (χ2v) is 6.16. The van der Waals surface area contributed by atoms with E-state index in [1.54, 1.807) is 12.1 Å². The number of fused-ring (bicyclic) bond motifs is 3. The Kier molecular flexibility index (Phi) is 3.20. The molecule has 23 heavy (non-hydrogen) atoms. The molecule has 1 aromatic carbocycles. The third-order valence-electron chi connectivity index (χ3n) is 3.94. The van der Waals surface area contributed by atoms with Crippen LogP contribution < -0.4 is 10.4 Å². The molecule has 0 saturated heterocycles. The van der Waals surface area contributed by atoms with Gasteiger partial charge in [-0.2, -0.15) is 0 Å². The molecule has 4 rings (SSSR count). The zero-order valence-corrected chi connectivity index (χ0v) is 13.0. The Morgan fingerprint density at radius 2 is 2.04 bits per heavy atom. The first-order valence-electron chi connectivity index (χ1n) is 7.04. The van der Waals surface area contributed by atoms with Crippen LogP contribution in [0.3, 0.4) is 0 Å². The highest BCUT2D eigenvalue weighted by atomic mass is 32.1. The summed E-state index contributed by atoms with van der Waals surface area (Å²) in [4.78, 5) is 25.5. The molecule has 5 nitrogen and oxygen atoms in total. The lowest BCUT2D eigenvalue weighted by Crippen LogP contribution is -2.31. The molecule has 1 aliphatic heterocycles. The van der Waals surface area contributed by atoms with Gasteiger partial charge in [0.25, 0.3) is 0 Å². The van der Waals surface area contributed by atoms with Gasteiger partial charge in [0.2, 0.25) is 6.10 Å². The van der Waals surface area contributed by atoms with E-state index in [2.05, 4.69) is 0 Å². The molecule has 0 N–H and O–H groups in total. The zero-order valence-electron chi connectivity index (χ0n) is 12.1. The minimum Gasteiger partial charge on any atom is -0.476 e. The Labute approximate surface area is 135 Å². The highest BCUT2D eigenvalue weighted by Gasteiger charge is 2.45. The molecule has 0 aliphatic carbocycles. The first-order chi connectivity index (χ1) is 11.2. The average Bonchev–Trinajstić information content (AvgIpc) is 3.21. The maximum atomic E-state index is 12.5. The van der Waals surface area contributed by atoms with Crippen LogP contribution in [-0.4, -0.2) is 19.2 Å². The maximum absolute atomic E-state index is 12.5. The van der Waals surface area contributed by atoms with Crippen molar-refractivity contribution in [2.24, 2.45) is 0 Å². The van der Waals surface area contributed by atoms with E-state index in [0.717, 1.165) is 4.88 Å². The van der Waals surface area contributed by atoms with Crippen LogP contribution in [-0.2, 0) is 9.53 Å². The predicted octanol–water partition coefficient (Wildman–Crippen LogP) is 2.92. The SMILES string of the molecule is COC(=O)[C@H]1Oc2c(c(=O)oc3ccccc23)[C@H]1c1cccs1. The number of hydrogen-bond donors (Lipinski definition) is 0. The van der Waals surface area contributed by atoms with Crippen molar-refractivity contribution in [3.8, 4) is 5.75 Å². The second kappa shape index (κ2) is 5.24. The Hall–Kier alpha value is -2.60. The molecule has 1 aliphatic rings. The summed E-state index contributed by atoms with van der Waals surface area (Å²) in [5, 5.41) is 2.57. The number of carbonyl (C=O) groups excluding carboxylic acids is 1. The van der Waals surface area contributed by atoms with E-state index in [-0.39, 0.29) is 0 Å². The van der Waals surface area contributed by atoms with Gasteiger partial charge in [0.15, 0.2) is 0 Å².